The van der Waals surface area contributed by atoms with Gasteiger partial charge < -0.3 is 23.6 Å². The average Bonchev–Trinajstić information content (AvgIpc) is 3.75. The van der Waals surface area contributed by atoms with Crippen molar-refractivity contribution in [2.75, 3.05) is 16.4 Å². The highest BCUT2D eigenvalue weighted by Gasteiger charge is 2.66. The Morgan fingerprint density at radius 3 is 2.53 bits per heavy atom. The van der Waals surface area contributed by atoms with Crippen LogP contribution in [0.15, 0.2) is 97.2 Å². The van der Waals surface area contributed by atoms with E-state index in [0.29, 0.717) is 69.8 Å². The van der Waals surface area contributed by atoms with Crippen molar-refractivity contribution in [3.05, 3.63) is 125 Å². The third-order valence-electron chi connectivity index (χ3n) is 10.7. The van der Waals surface area contributed by atoms with Crippen molar-refractivity contribution in [3.63, 3.8) is 0 Å². The standard InChI is InChI=1S/C40H39ClFN5O5Si/c1-25-37(53(2,3)42)36(17-19-45-24-28(18-20-48)43-44-45)52-40(25)31-22-27(41)15-16-32(31)46(39(40)50)23-26-9-8-10-29(21-26)47-33-12-5-7-14-35(33)51-34-13-6-4-11-30(34)38(47)49/h4-16,21-22,24-25,36-37,48H,17-20,23H2,1-3H3/t25-,36+,37-,40+/m1/s1. The molecule has 4 heterocycles. The monoisotopic (exact) mass is 751 g/mol. The van der Waals surface area contributed by atoms with E-state index in [4.69, 9.17) is 21.1 Å². The van der Waals surface area contributed by atoms with Gasteiger partial charge in [0.25, 0.3) is 11.8 Å². The number of fused-ring (bicyclic) bond motifs is 4. The Bertz CT molecular complexity index is 2230. The molecule has 0 unspecified atom stereocenters. The lowest BCUT2D eigenvalue weighted by Crippen LogP contribution is -2.45. The first kappa shape index (κ1) is 35.2. The van der Waals surface area contributed by atoms with Crippen molar-refractivity contribution < 1.29 is 28.3 Å². The number of amides is 2. The number of hydrogen-bond donors (Lipinski definition) is 1. The van der Waals surface area contributed by atoms with Gasteiger partial charge >= 0.3 is 0 Å². The quantitative estimate of drug-likeness (QED) is 0.120. The van der Waals surface area contributed by atoms with Crippen molar-refractivity contribution in [3.8, 4) is 11.5 Å². The van der Waals surface area contributed by atoms with E-state index in [0.717, 1.165) is 5.56 Å². The van der Waals surface area contributed by atoms with E-state index in [1.807, 2.05) is 67.6 Å². The molecule has 1 aromatic heterocycles. The predicted molar refractivity (Wildman–Crippen MR) is 202 cm³/mol. The first-order valence-electron chi connectivity index (χ1n) is 17.8. The normalized spacial score (nSPS) is 22.1. The van der Waals surface area contributed by atoms with Crippen molar-refractivity contribution in [1.82, 2.24) is 15.0 Å². The number of halogens is 2. The van der Waals surface area contributed by atoms with E-state index in [-0.39, 0.29) is 25.0 Å². The zero-order valence-electron chi connectivity index (χ0n) is 29.6. The van der Waals surface area contributed by atoms with Crippen LogP contribution in [-0.2, 0) is 34.6 Å². The van der Waals surface area contributed by atoms with Gasteiger partial charge in [0.1, 0.15) is 5.75 Å². The summed E-state index contributed by atoms with van der Waals surface area (Å²) in [4.78, 5) is 32.5. The fourth-order valence-corrected chi connectivity index (χ4v) is 11.1. The molecule has 0 bridgehead atoms. The summed E-state index contributed by atoms with van der Waals surface area (Å²) in [6.07, 6.45) is 2.01. The van der Waals surface area contributed by atoms with Crippen LogP contribution in [0.1, 0.15) is 40.5 Å². The van der Waals surface area contributed by atoms with Crippen LogP contribution in [0.5, 0.6) is 11.5 Å². The molecule has 1 saturated heterocycles. The molecular weight excluding hydrogens is 713 g/mol. The molecule has 1 spiro atoms. The molecule has 1 N–H and O–H groups in total. The molecule has 8 rings (SSSR count). The molecule has 10 nitrogen and oxygen atoms in total. The maximum absolute atomic E-state index is 16.4. The van der Waals surface area contributed by atoms with Gasteiger partial charge in [-0.3, -0.25) is 19.2 Å². The van der Waals surface area contributed by atoms with Gasteiger partial charge in [-0.2, -0.15) is 0 Å². The summed E-state index contributed by atoms with van der Waals surface area (Å²) in [5.41, 5.74) is 2.42. The van der Waals surface area contributed by atoms with E-state index >= 15 is 4.11 Å². The number of aryl methyl sites for hydroxylation is 1. The van der Waals surface area contributed by atoms with Gasteiger partial charge in [0.15, 0.2) is 11.4 Å². The Labute approximate surface area is 312 Å². The molecule has 0 saturated carbocycles. The van der Waals surface area contributed by atoms with Gasteiger partial charge in [-0.1, -0.05) is 60.1 Å². The van der Waals surface area contributed by atoms with E-state index < -0.39 is 31.6 Å². The number of carbonyl (C=O) groups is 2. The van der Waals surface area contributed by atoms with Crippen LogP contribution >= 0.6 is 11.6 Å². The maximum Gasteiger partial charge on any atom is 0.266 e. The Kier molecular flexibility index (Phi) is 8.96. The number of benzene rings is 4. The Hall–Kier alpha value is -4.88. The van der Waals surface area contributed by atoms with Crippen molar-refractivity contribution in [2.24, 2.45) is 5.92 Å². The van der Waals surface area contributed by atoms with Gasteiger partial charge in [0.2, 0.25) is 8.41 Å². The molecule has 2 amide bonds. The Morgan fingerprint density at radius 2 is 1.74 bits per heavy atom. The number of aromatic nitrogens is 3. The number of ether oxygens (including phenoxy) is 2. The topological polar surface area (TPSA) is 110 Å². The highest BCUT2D eigenvalue weighted by molar-refractivity contribution is 6.72. The molecule has 272 valence electrons. The smallest absolute Gasteiger partial charge is 0.266 e. The van der Waals surface area contributed by atoms with Crippen LogP contribution in [0.4, 0.5) is 21.2 Å². The van der Waals surface area contributed by atoms with Crippen LogP contribution < -0.4 is 14.5 Å². The average molecular weight is 752 g/mol. The summed E-state index contributed by atoms with van der Waals surface area (Å²) in [6.45, 7) is 5.81. The number of aliphatic hydroxyl groups is 1. The van der Waals surface area contributed by atoms with Crippen LogP contribution in [0.2, 0.25) is 23.7 Å². The van der Waals surface area contributed by atoms with Crippen LogP contribution in [0, 0.1) is 5.92 Å². The fourth-order valence-electron chi connectivity index (χ4n) is 8.42. The number of hydrogen-bond acceptors (Lipinski definition) is 7. The van der Waals surface area contributed by atoms with Crippen molar-refractivity contribution in [2.45, 2.75) is 63.2 Å². The number of anilines is 3. The lowest BCUT2D eigenvalue weighted by Gasteiger charge is -2.31. The molecule has 0 radical (unpaired) electrons. The highest BCUT2D eigenvalue weighted by Crippen LogP contribution is 2.60. The number of aliphatic hydroxyl groups excluding tert-OH is 1. The number of para-hydroxylation sites is 3. The second-order valence-corrected chi connectivity index (χ2v) is 18.7. The molecule has 4 atom stereocenters. The predicted octanol–water partition coefficient (Wildman–Crippen LogP) is 7.96. The lowest BCUT2D eigenvalue weighted by atomic mass is 9.82. The first-order valence-corrected chi connectivity index (χ1v) is 21.1. The van der Waals surface area contributed by atoms with E-state index in [1.54, 1.807) is 64.1 Å². The second kappa shape index (κ2) is 13.5. The fraction of sp³-hybridized carbons (Fsp3) is 0.300. The molecule has 4 aromatic carbocycles. The summed E-state index contributed by atoms with van der Waals surface area (Å²) >= 11 is 6.60. The number of nitrogens with zero attached hydrogens (tertiary/aromatic N) is 5. The zero-order valence-corrected chi connectivity index (χ0v) is 31.3. The highest BCUT2D eigenvalue weighted by atomic mass is 35.5. The van der Waals surface area contributed by atoms with Gasteiger partial charge in [0, 0.05) is 53.5 Å². The minimum absolute atomic E-state index is 0.0348. The largest absolute Gasteiger partial charge is 0.454 e. The van der Waals surface area contributed by atoms with Gasteiger partial charge in [-0.05, 0) is 79.7 Å². The van der Waals surface area contributed by atoms with Crippen molar-refractivity contribution in [1.29, 1.82) is 0 Å². The van der Waals surface area contributed by atoms with Gasteiger partial charge in [-0.15, -0.1) is 5.10 Å². The van der Waals surface area contributed by atoms with Crippen LogP contribution in [0.3, 0.4) is 0 Å². The summed E-state index contributed by atoms with van der Waals surface area (Å²) in [5, 5.41) is 18.1. The Balaban J connectivity index is 1.14. The molecule has 5 aromatic rings. The third-order valence-corrected chi connectivity index (χ3v) is 13.4. The first-order chi connectivity index (χ1) is 25.5. The summed E-state index contributed by atoms with van der Waals surface area (Å²) < 4.78 is 31.1. The van der Waals surface area contributed by atoms with Crippen LogP contribution in [0.25, 0.3) is 0 Å². The van der Waals surface area contributed by atoms with Crippen molar-refractivity contribution >= 4 is 48.9 Å². The number of carbonyl (C=O) groups excluding carboxylic acids is 2. The molecule has 1 fully saturated rings. The molecule has 3 aliphatic rings. The summed E-state index contributed by atoms with van der Waals surface area (Å²) in [6, 6.07) is 27.5. The zero-order chi connectivity index (χ0) is 37.1. The minimum atomic E-state index is -3.40. The molecule has 13 heteroatoms. The molecule has 0 aliphatic carbocycles. The SMILES string of the molecule is C[C@@H]1[C@@H]([Si](C)(C)F)[C@H](CCn2cc(CCO)nn2)O[C@@]12C(=O)N(Cc1cccc(N3C(=O)c4ccccc4Oc4ccccc43)c1)c1ccc(Cl)cc12. The van der Waals surface area contributed by atoms with E-state index in [9.17, 15) is 14.7 Å². The van der Waals surface area contributed by atoms with Crippen LogP contribution in [-0.4, -0.2) is 53.0 Å². The Morgan fingerprint density at radius 1 is 0.962 bits per heavy atom. The lowest BCUT2D eigenvalue weighted by molar-refractivity contribution is -0.146. The summed E-state index contributed by atoms with van der Waals surface area (Å²) in [7, 11) is -3.40. The molecule has 53 heavy (non-hydrogen) atoms. The second-order valence-electron chi connectivity index (χ2n) is 14.4. The molecular formula is C40H39ClFN5O5Si. The summed E-state index contributed by atoms with van der Waals surface area (Å²) in [5.74, 6) is 0.0121. The number of rotatable bonds is 9. The minimum Gasteiger partial charge on any atom is -0.454 e. The van der Waals surface area contributed by atoms with E-state index in [2.05, 4.69) is 10.3 Å². The van der Waals surface area contributed by atoms with Gasteiger partial charge in [-0.25, -0.2) is 0 Å². The molecule has 3 aliphatic heterocycles. The van der Waals surface area contributed by atoms with E-state index in [1.165, 1.54) is 0 Å². The van der Waals surface area contributed by atoms with Gasteiger partial charge in [0.05, 0.1) is 35.3 Å². The third kappa shape index (κ3) is 6.03. The maximum atomic E-state index is 16.4.